The highest BCUT2D eigenvalue weighted by atomic mass is 35.5. The van der Waals surface area contributed by atoms with Crippen LogP contribution in [-0.2, 0) is 13.0 Å². The normalized spacial score (nSPS) is 12.2. The van der Waals surface area contributed by atoms with Crippen molar-refractivity contribution >= 4 is 39.8 Å². The second kappa shape index (κ2) is 9.40. The van der Waals surface area contributed by atoms with E-state index in [-0.39, 0.29) is 10.4 Å². The lowest BCUT2D eigenvalue weighted by Gasteiger charge is -2.17. The van der Waals surface area contributed by atoms with Crippen LogP contribution in [0.1, 0.15) is 45.8 Å². The number of halogens is 1. The van der Waals surface area contributed by atoms with E-state index in [0.717, 1.165) is 29.7 Å². The maximum absolute atomic E-state index is 13.0. The summed E-state index contributed by atoms with van der Waals surface area (Å²) in [4.78, 5) is 18.0. The van der Waals surface area contributed by atoms with Crippen LogP contribution in [0.15, 0.2) is 54.4 Å². The van der Waals surface area contributed by atoms with Gasteiger partial charge in [0, 0.05) is 24.0 Å². The molecule has 0 fully saturated rings. The van der Waals surface area contributed by atoms with Crippen molar-refractivity contribution in [3.8, 4) is 0 Å². The Labute approximate surface area is 167 Å². The molecule has 3 rings (SSSR count). The van der Waals surface area contributed by atoms with E-state index in [1.807, 2.05) is 40.4 Å². The third-order valence-electron chi connectivity index (χ3n) is 4.16. The summed E-state index contributed by atoms with van der Waals surface area (Å²) >= 11 is 8.96. The van der Waals surface area contributed by atoms with Gasteiger partial charge in [0.2, 0.25) is 5.12 Å². The van der Waals surface area contributed by atoms with Crippen molar-refractivity contribution in [2.75, 3.05) is 0 Å². The number of carbonyl (C=O) groups excluding carboxylic acids is 1. The minimum Gasteiger partial charge on any atom is -0.336 e. The zero-order chi connectivity index (χ0) is 18.4. The fraction of sp³-hybridized carbons (Fsp3) is 0.300. The minimum absolute atomic E-state index is 0.00934. The van der Waals surface area contributed by atoms with Crippen molar-refractivity contribution in [2.24, 2.45) is 0 Å². The second-order valence-electron chi connectivity index (χ2n) is 6.08. The van der Waals surface area contributed by atoms with Gasteiger partial charge in [-0.1, -0.05) is 48.8 Å². The first-order chi connectivity index (χ1) is 12.7. The highest BCUT2D eigenvalue weighted by molar-refractivity contribution is 8.14. The minimum atomic E-state index is 0.00934. The first kappa shape index (κ1) is 19.2. The van der Waals surface area contributed by atoms with Crippen LogP contribution in [0.4, 0.5) is 0 Å². The van der Waals surface area contributed by atoms with E-state index in [1.165, 1.54) is 17.3 Å². The average molecular weight is 405 g/mol. The first-order valence-electron chi connectivity index (χ1n) is 8.66. The molecule has 1 unspecified atom stereocenters. The van der Waals surface area contributed by atoms with E-state index >= 15 is 0 Å². The van der Waals surface area contributed by atoms with Crippen LogP contribution in [0.2, 0.25) is 5.02 Å². The zero-order valence-corrected chi connectivity index (χ0v) is 17.0. The average Bonchev–Trinajstić information content (AvgIpc) is 3.31. The molecule has 3 nitrogen and oxygen atoms in total. The number of hydrogen-bond acceptors (Lipinski definition) is 4. The van der Waals surface area contributed by atoms with Crippen molar-refractivity contribution in [3.63, 3.8) is 0 Å². The van der Waals surface area contributed by atoms with Crippen molar-refractivity contribution in [1.82, 2.24) is 9.55 Å². The van der Waals surface area contributed by atoms with Gasteiger partial charge >= 0.3 is 0 Å². The number of thiophene rings is 1. The van der Waals surface area contributed by atoms with E-state index in [1.54, 1.807) is 23.9 Å². The topological polar surface area (TPSA) is 34.9 Å². The molecule has 136 valence electrons. The number of unbranched alkanes of at least 4 members (excludes halogenated alkanes) is 1. The standard InChI is InChI=1S/C20H21ClN2OS2/c1-2-3-4-16-9-12-25-19(16)20(24)26-18(13-23-11-10-22-14-23)15-5-7-17(21)8-6-15/h5-12,14,18H,2-4,13H2,1H3. The molecular formula is C20H21ClN2OS2. The smallest absolute Gasteiger partial charge is 0.230 e. The molecule has 2 aromatic heterocycles. The Morgan fingerprint density at radius 3 is 2.81 bits per heavy atom. The molecule has 0 spiro atoms. The third-order valence-corrected chi connectivity index (χ3v) is 6.62. The molecule has 3 aromatic rings. The zero-order valence-electron chi connectivity index (χ0n) is 14.6. The van der Waals surface area contributed by atoms with E-state index < -0.39 is 0 Å². The molecule has 0 aliphatic rings. The van der Waals surface area contributed by atoms with Gasteiger partial charge in [0.1, 0.15) is 0 Å². The molecule has 0 N–H and O–H groups in total. The van der Waals surface area contributed by atoms with Gasteiger partial charge in [0.05, 0.1) is 16.5 Å². The van der Waals surface area contributed by atoms with Gasteiger partial charge in [-0.25, -0.2) is 4.98 Å². The Morgan fingerprint density at radius 1 is 1.31 bits per heavy atom. The Balaban J connectivity index is 1.79. The highest BCUT2D eigenvalue weighted by Crippen LogP contribution is 2.36. The lowest BCUT2D eigenvalue weighted by molar-refractivity contribution is 0.109. The summed E-state index contributed by atoms with van der Waals surface area (Å²) in [5.41, 5.74) is 2.26. The molecule has 0 saturated carbocycles. The van der Waals surface area contributed by atoms with Crippen LogP contribution in [0, 0.1) is 0 Å². The van der Waals surface area contributed by atoms with Gasteiger partial charge in [-0.3, -0.25) is 4.79 Å². The number of imidazole rings is 1. The summed E-state index contributed by atoms with van der Waals surface area (Å²) < 4.78 is 2.01. The largest absolute Gasteiger partial charge is 0.336 e. The van der Waals surface area contributed by atoms with Gasteiger partial charge in [-0.15, -0.1) is 11.3 Å². The fourth-order valence-corrected chi connectivity index (χ4v) is 4.97. The third kappa shape index (κ3) is 5.00. The number of carbonyl (C=O) groups is 1. The fourth-order valence-electron chi connectivity index (χ4n) is 2.74. The summed E-state index contributed by atoms with van der Waals surface area (Å²) in [6.45, 7) is 2.86. The number of thioether (sulfide) groups is 1. The Hall–Kier alpha value is -1.56. The van der Waals surface area contributed by atoms with Gasteiger partial charge in [0.15, 0.2) is 0 Å². The summed E-state index contributed by atoms with van der Waals surface area (Å²) in [7, 11) is 0. The molecule has 0 radical (unpaired) electrons. The number of aryl methyl sites for hydroxylation is 1. The monoisotopic (exact) mass is 404 g/mol. The van der Waals surface area contributed by atoms with Crippen LogP contribution in [0.5, 0.6) is 0 Å². The number of rotatable bonds is 8. The van der Waals surface area contributed by atoms with Crippen LogP contribution in [-0.4, -0.2) is 14.7 Å². The molecule has 0 bridgehead atoms. The maximum atomic E-state index is 13.0. The quantitative estimate of drug-likeness (QED) is 0.444. The molecule has 0 aliphatic carbocycles. The summed E-state index contributed by atoms with van der Waals surface area (Å²) in [5, 5.41) is 2.87. The molecule has 0 aliphatic heterocycles. The SMILES string of the molecule is CCCCc1ccsc1C(=O)SC(Cn1ccnc1)c1ccc(Cl)cc1. The molecule has 0 saturated heterocycles. The second-order valence-corrected chi connectivity index (χ2v) is 8.61. The first-order valence-corrected chi connectivity index (χ1v) is 10.8. The van der Waals surface area contributed by atoms with Gasteiger partial charge in [0.25, 0.3) is 0 Å². The summed E-state index contributed by atoms with van der Waals surface area (Å²) in [6.07, 6.45) is 8.67. The molecule has 2 heterocycles. The van der Waals surface area contributed by atoms with Crippen LogP contribution in [0.3, 0.4) is 0 Å². The number of benzene rings is 1. The number of nitrogens with zero attached hydrogens (tertiary/aromatic N) is 2. The molecule has 0 amide bonds. The molecule has 6 heteroatoms. The van der Waals surface area contributed by atoms with Crippen LogP contribution in [0.25, 0.3) is 0 Å². The summed E-state index contributed by atoms with van der Waals surface area (Å²) in [6, 6.07) is 9.83. The van der Waals surface area contributed by atoms with Gasteiger partial charge in [-0.05, 0) is 47.5 Å². The predicted octanol–water partition coefficient (Wildman–Crippen LogP) is 6.26. The summed E-state index contributed by atoms with van der Waals surface area (Å²) in [5.74, 6) is 0. The number of aromatic nitrogens is 2. The van der Waals surface area contributed by atoms with E-state index in [4.69, 9.17) is 11.6 Å². The van der Waals surface area contributed by atoms with E-state index in [0.29, 0.717) is 11.6 Å². The Kier molecular flexibility index (Phi) is 6.94. The van der Waals surface area contributed by atoms with E-state index in [9.17, 15) is 4.79 Å². The Bertz CT molecular complexity index is 828. The lowest BCUT2D eigenvalue weighted by atomic mass is 10.1. The van der Waals surface area contributed by atoms with Crippen LogP contribution >= 0.6 is 34.7 Å². The maximum Gasteiger partial charge on any atom is 0.230 e. The number of hydrogen-bond donors (Lipinski definition) is 0. The van der Waals surface area contributed by atoms with E-state index in [2.05, 4.69) is 18.0 Å². The Morgan fingerprint density at radius 2 is 2.12 bits per heavy atom. The molecule has 26 heavy (non-hydrogen) atoms. The van der Waals surface area contributed by atoms with Crippen molar-refractivity contribution in [1.29, 1.82) is 0 Å². The molecular weight excluding hydrogens is 384 g/mol. The molecule has 1 aromatic carbocycles. The van der Waals surface area contributed by atoms with Crippen molar-refractivity contribution < 1.29 is 4.79 Å². The molecule has 1 atom stereocenters. The van der Waals surface area contributed by atoms with Crippen LogP contribution < -0.4 is 0 Å². The van der Waals surface area contributed by atoms with Crippen molar-refractivity contribution in [2.45, 2.75) is 38.0 Å². The van der Waals surface area contributed by atoms with Gasteiger partial charge in [-0.2, -0.15) is 0 Å². The van der Waals surface area contributed by atoms with Crippen molar-refractivity contribution in [3.05, 3.63) is 75.5 Å². The predicted molar refractivity (Wildman–Crippen MR) is 111 cm³/mol. The highest BCUT2D eigenvalue weighted by Gasteiger charge is 2.21. The van der Waals surface area contributed by atoms with Gasteiger partial charge < -0.3 is 4.57 Å². The lowest BCUT2D eigenvalue weighted by Crippen LogP contribution is -2.08.